The zero-order valence-electron chi connectivity index (χ0n) is 17.1. The van der Waals surface area contributed by atoms with Crippen LogP contribution in [0.1, 0.15) is 88.9 Å². The van der Waals surface area contributed by atoms with Crippen molar-refractivity contribution in [1.29, 1.82) is 0 Å². The Morgan fingerprint density at radius 1 is 0.769 bits per heavy atom. The molecule has 0 unspecified atom stereocenters. The molecule has 1 aromatic heterocycles. The molecule has 2 nitrogen and oxygen atoms in total. The lowest BCUT2D eigenvalue weighted by atomic mass is 10.1. The second kappa shape index (κ2) is 12.7. The molecule has 0 fully saturated rings. The van der Waals surface area contributed by atoms with Gasteiger partial charge in [0.2, 0.25) is 0 Å². The molecule has 0 atom stereocenters. The first-order valence-electron chi connectivity index (χ1n) is 10.9. The van der Waals surface area contributed by atoms with E-state index in [0.29, 0.717) is 0 Å². The van der Waals surface area contributed by atoms with E-state index in [1.165, 1.54) is 82.0 Å². The number of aromatic nitrogens is 2. The second-order valence-corrected chi connectivity index (χ2v) is 7.72. The van der Waals surface area contributed by atoms with Crippen molar-refractivity contribution in [2.45, 2.75) is 90.5 Å². The van der Waals surface area contributed by atoms with Gasteiger partial charge < -0.3 is 0 Å². The zero-order chi connectivity index (χ0) is 18.5. The van der Waals surface area contributed by atoms with Gasteiger partial charge in [0.1, 0.15) is 12.4 Å². The van der Waals surface area contributed by atoms with Crippen molar-refractivity contribution < 1.29 is 4.57 Å². The molecule has 0 radical (unpaired) electrons. The van der Waals surface area contributed by atoms with Crippen LogP contribution in [0.3, 0.4) is 0 Å². The van der Waals surface area contributed by atoms with Gasteiger partial charge in [-0.15, -0.1) is 0 Å². The Balaban J connectivity index is 1.59. The van der Waals surface area contributed by atoms with Gasteiger partial charge >= 0.3 is 0 Å². The molecule has 0 saturated heterocycles. The third kappa shape index (κ3) is 7.76. The fraction of sp³-hybridized carbons (Fsp3) is 0.625. The standard InChI is InChI=1S/C24H39N2/c1-3-4-5-6-7-8-9-10-11-12-16-19-26-21-20-25(2)24(26)22-23-17-14-13-15-18-23/h13-15,17-18,20-21H,3-12,16,19,22H2,1-2H3/q+1. The largest absolute Gasteiger partial charge is 0.260 e. The molecule has 2 rings (SSSR count). The monoisotopic (exact) mass is 355 g/mol. The summed E-state index contributed by atoms with van der Waals surface area (Å²) in [6.07, 6.45) is 20.9. The first-order valence-corrected chi connectivity index (χ1v) is 10.9. The highest BCUT2D eigenvalue weighted by Gasteiger charge is 2.14. The van der Waals surface area contributed by atoms with Crippen LogP contribution in [0.15, 0.2) is 42.7 Å². The average Bonchev–Trinajstić information content (AvgIpc) is 3.00. The fourth-order valence-electron chi connectivity index (χ4n) is 3.71. The van der Waals surface area contributed by atoms with E-state index in [2.05, 4.69) is 65.8 Å². The van der Waals surface area contributed by atoms with Crippen LogP contribution in [0.2, 0.25) is 0 Å². The van der Waals surface area contributed by atoms with Crippen LogP contribution in [0.5, 0.6) is 0 Å². The first kappa shape index (κ1) is 20.7. The van der Waals surface area contributed by atoms with E-state index >= 15 is 0 Å². The number of imidazole rings is 1. The average molecular weight is 356 g/mol. The summed E-state index contributed by atoms with van der Waals surface area (Å²) in [7, 11) is 2.16. The van der Waals surface area contributed by atoms with Crippen molar-refractivity contribution in [3.8, 4) is 0 Å². The number of benzene rings is 1. The molecule has 0 spiro atoms. The Bertz CT molecular complexity index is 586. The van der Waals surface area contributed by atoms with Gasteiger partial charge in [0, 0.05) is 0 Å². The minimum absolute atomic E-state index is 1.02. The Hall–Kier alpha value is -1.57. The SMILES string of the molecule is CCCCCCCCCCCCC[n+]1ccn(C)c1Cc1ccccc1. The van der Waals surface area contributed by atoms with Crippen LogP contribution >= 0.6 is 0 Å². The topological polar surface area (TPSA) is 8.81 Å². The van der Waals surface area contributed by atoms with Crippen molar-refractivity contribution in [3.63, 3.8) is 0 Å². The molecular formula is C24H39N2+. The van der Waals surface area contributed by atoms with Crippen LogP contribution in [0.4, 0.5) is 0 Å². The first-order chi connectivity index (χ1) is 12.8. The van der Waals surface area contributed by atoms with E-state index in [1.807, 2.05) is 0 Å². The molecule has 1 aromatic carbocycles. The van der Waals surface area contributed by atoms with Gasteiger partial charge in [-0.2, -0.15) is 0 Å². The summed E-state index contributed by atoms with van der Waals surface area (Å²) >= 11 is 0. The molecule has 2 aromatic rings. The van der Waals surface area contributed by atoms with Crippen LogP contribution in [-0.2, 0) is 20.0 Å². The molecule has 0 aliphatic carbocycles. The summed E-state index contributed by atoms with van der Waals surface area (Å²) in [6.45, 7) is 3.44. The maximum Gasteiger partial charge on any atom is 0.260 e. The Morgan fingerprint density at radius 2 is 1.35 bits per heavy atom. The normalized spacial score (nSPS) is 11.2. The summed E-state index contributed by atoms with van der Waals surface area (Å²) in [5.74, 6) is 1.41. The van der Waals surface area contributed by atoms with Crippen LogP contribution < -0.4 is 4.57 Å². The van der Waals surface area contributed by atoms with Gasteiger partial charge in [0.05, 0.1) is 20.0 Å². The quantitative estimate of drug-likeness (QED) is 0.281. The van der Waals surface area contributed by atoms with Gasteiger partial charge in [-0.3, -0.25) is 0 Å². The summed E-state index contributed by atoms with van der Waals surface area (Å²) in [5.41, 5.74) is 1.39. The van der Waals surface area contributed by atoms with Gasteiger partial charge in [-0.25, -0.2) is 9.13 Å². The van der Waals surface area contributed by atoms with E-state index in [-0.39, 0.29) is 0 Å². The molecule has 0 amide bonds. The van der Waals surface area contributed by atoms with E-state index in [0.717, 1.165) is 13.0 Å². The van der Waals surface area contributed by atoms with Gasteiger partial charge in [-0.05, 0) is 18.4 Å². The van der Waals surface area contributed by atoms with Crippen molar-refractivity contribution in [2.24, 2.45) is 7.05 Å². The van der Waals surface area contributed by atoms with Gasteiger partial charge in [0.15, 0.2) is 0 Å². The lowest BCUT2D eigenvalue weighted by Gasteiger charge is -2.04. The molecule has 0 aliphatic heterocycles. The second-order valence-electron chi connectivity index (χ2n) is 7.72. The highest BCUT2D eigenvalue weighted by atomic mass is 15.1. The third-order valence-electron chi connectivity index (χ3n) is 5.42. The van der Waals surface area contributed by atoms with Crippen molar-refractivity contribution >= 4 is 0 Å². The number of rotatable bonds is 14. The molecule has 0 N–H and O–H groups in total. The molecule has 26 heavy (non-hydrogen) atoms. The van der Waals surface area contributed by atoms with Crippen LogP contribution in [-0.4, -0.2) is 4.57 Å². The molecular weight excluding hydrogens is 316 g/mol. The minimum atomic E-state index is 1.02. The van der Waals surface area contributed by atoms with E-state index in [9.17, 15) is 0 Å². The fourth-order valence-corrected chi connectivity index (χ4v) is 3.71. The van der Waals surface area contributed by atoms with E-state index in [1.54, 1.807) is 0 Å². The predicted molar refractivity (Wildman–Crippen MR) is 111 cm³/mol. The summed E-state index contributed by atoms with van der Waals surface area (Å²) in [4.78, 5) is 0. The maximum absolute atomic E-state index is 2.45. The minimum Gasteiger partial charge on any atom is -0.237 e. The molecule has 144 valence electrons. The third-order valence-corrected chi connectivity index (χ3v) is 5.42. The Kier molecular flexibility index (Phi) is 10.2. The number of unbranched alkanes of at least 4 members (excludes halogenated alkanes) is 10. The van der Waals surface area contributed by atoms with E-state index in [4.69, 9.17) is 0 Å². The Labute approximate surface area is 161 Å². The highest BCUT2D eigenvalue weighted by Crippen LogP contribution is 2.11. The van der Waals surface area contributed by atoms with Crippen molar-refractivity contribution in [3.05, 3.63) is 54.1 Å². The number of hydrogen-bond donors (Lipinski definition) is 0. The summed E-state index contributed by atoms with van der Waals surface area (Å²) in [6, 6.07) is 10.8. The van der Waals surface area contributed by atoms with E-state index < -0.39 is 0 Å². The molecule has 2 heteroatoms. The zero-order valence-corrected chi connectivity index (χ0v) is 17.1. The smallest absolute Gasteiger partial charge is 0.237 e. The van der Waals surface area contributed by atoms with Gasteiger partial charge in [-0.1, -0.05) is 95.0 Å². The summed E-state index contributed by atoms with van der Waals surface area (Å²) in [5, 5.41) is 0. The number of nitrogens with zero attached hydrogens (tertiary/aromatic N) is 2. The van der Waals surface area contributed by atoms with Gasteiger partial charge in [0.25, 0.3) is 5.82 Å². The van der Waals surface area contributed by atoms with Crippen molar-refractivity contribution in [2.75, 3.05) is 0 Å². The predicted octanol–water partition coefficient (Wildman–Crippen LogP) is 6.21. The summed E-state index contributed by atoms with van der Waals surface area (Å²) < 4.78 is 4.71. The highest BCUT2D eigenvalue weighted by molar-refractivity contribution is 5.17. The lowest BCUT2D eigenvalue weighted by molar-refractivity contribution is -0.703. The van der Waals surface area contributed by atoms with Crippen molar-refractivity contribution in [1.82, 2.24) is 4.57 Å². The van der Waals surface area contributed by atoms with Crippen LogP contribution in [0.25, 0.3) is 0 Å². The lowest BCUT2D eigenvalue weighted by Crippen LogP contribution is -2.37. The molecule has 1 heterocycles. The number of hydrogen-bond acceptors (Lipinski definition) is 0. The maximum atomic E-state index is 2.45. The Morgan fingerprint density at radius 3 is 1.96 bits per heavy atom. The van der Waals surface area contributed by atoms with Crippen LogP contribution in [0, 0.1) is 0 Å². The molecule has 0 bridgehead atoms. The molecule has 0 saturated carbocycles. The number of aryl methyl sites for hydroxylation is 2. The molecule has 0 aliphatic rings.